The van der Waals surface area contributed by atoms with Crippen LogP contribution < -0.4 is 0 Å². The average Bonchev–Trinajstić information content (AvgIpc) is 2.37. The zero-order valence-corrected chi connectivity index (χ0v) is 10.4. The van der Waals surface area contributed by atoms with E-state index in [4.69, 9.17) is 9.47 Å². The maximum absolute atomic E-state index is 5.45. The largest absolute Gasteiger partial charge is 0.374 e. The Morgan fingerprint density at radius 3 is 2.13 bits per heavy atom. The third-order valence-corrected chi connectivity index (χ3v) is 3.01. The van der Waals surface area contributed by atoms with Crippen LogP contribution in [-0.2, 0) is 9.47 Å². The van der Waals surface area contributed by atoms with Crippen LogP contribution in [0.15, 0.2) is 23.8 Å². The van der Waals surface area contributed by atoms with Gasteiger partial charge in [0.05, 0.1) is 0 Å². The van der Waals surface area contributed by atoms with Gasteiger partial charge in [0.2, 0.25) is 0 Å². The molecule has 0 aromatic rings. The maximum atomic E-state index is 5.45. The molecule has 15 heavy (non-hydrogen) atoms. The third kappa shape index (κ3) is 2.93. The summed E-state index contributed by atoms with van der Waals surface area (Å²) in [5.41, 5.74) is 1.43. The summed E-state index contributed by atoms with van der Waals surface area (Å²) in [5, 5.41) is 0. The van der Waals surface area contributed by atoms with Crippen molar-refractivity contribution in [1.82, 2.24) is 0 Å². The van der Waals surface area contributed by atoms with Crippen molar-refractivity contribution in [2.45, 2.75) is 33.0 Å². The van der Waals surface area contributed by atoms with E-state index in [1.807, 2.05) is 0 Å². The molecule has 3 atom stereocenters. The van der Waals surface area contributed by atoms with Gasteiger partial charge in [-0.25, -0.2) is 0 Å². The van der Waals surface area contributed by atoms with E-state index in [-0.39, 0.29) is 12.2 Å². The van der Waals surface area contributed by atoms with Crippen molar-refractivity contribution in [3.63, 3.8) is 0 Å². The van der Waals surface area contributed by atoms with Crippen molar-refractivity contribution in [3.05, 3.63) is 23.8 Å². The van der Waals surface area contributed by atoms with Gasteiger partial charge >= 0.3 is 0 Å². The fourth-order valence-corrected chi connectivity index (χ4v) is 2.07. The number of allylic oxidation sites excluding steroid dienone is 2. The molecule has 0 spiro atoms. The molecule has 0 N–H and O–H groups in total. The molecule has 0 heterocycles. The molecule has 3 unspecified atom stereocenters. The van der Waals surface area contributed by atoms with Gasteiger partial charge in [0.15, 0.2) is 0 Å². The number of ether oxygens (including phenoxy) is 2. The highest BCUT2D eigenvalue weighted by atomic mass is 16.5. The maximum Gasteiger partial charge on any atom is 0.105 e. The average molecular weight is 210 g/mol. The fourth-order valence-electron chi connectivity index (χ4n) is 2.07. The van der Waals surface area contributed by atoms with Crippen molar-refractivity contribution in [2.24, 2.45) is 11.8 Å². The molecule has 2 nitrogen and oxygen atoms in total. The lowest BCUT2D eigenvalue weighted by atomic mass is 9.91. The van der Waals surface area contributed by atoms with Crippen molar-refractivity contribution < 1.29 is 9.47 Å². The molecule has 86 valence electrons. The number of rotatable bonds is 3. The van der Waals surface area contributed by atoms with Gasteiger partial charge in [0.25, 0.3) is 0 Å². The van der Waals surface area contributed by atoms with Gasteiger partial charge in [0, 0.05) is 14.2 Å². The first-order valence-corrected chi connectivity index (χ1v) is 5.55. The van der Waals surface area contributed by atoms with E-state index < -0.39 is 0 Å². The quantitative estimate of drug-likeness (QED) is 0.667. The number of hydrogen-bond acceptors (Lipinski definition) is 2. The topological polar surface area (TPSA) is 18.5 Å². The van der Waals surface area contributed by atoms with Crippen LogP contribution in [-0.4, -0.2) is 26.4 Å². The Balaban J connectivity index is 2.97. The molecule has 1 aliphatic carbocycles. The molecule has 0 aromatic carbocycles. The summed E-state index contributed by atoms with van der Waals surface area (Å²) >= 11 is 0. The zero-order valence-electron chi connectivity index (χ0n) is 10.4. The molecule has 0 amide bonds. The predicted octanol–water partition coefficient (Wildman–Crippen LogP) is 2.80. The minimum absolute atomic E-state index is 0.0357. The standard InChI is InChI=1S/C13H22O2/c1-9(2)11-8-13(15-5)12(14-4)7-6-10(11)3/h6-10,12-13H,1-5H3. The molecule has 0 aromatic heterocycles. The second-order valence-electron chi connectivity index (χ2n) is 4.40. The van der Waals surface area contributed by atoms with Gasteiger partial charge in [-0.15, -0.1) is 0 Å². The summed E-state index contributed by atoms with van der Waals surface area (Å²) in [4.78, 5) is 0. The SMILES string of the molecule is COC1C=CC(C)C(C(C)C)=CC1OC. The minimum Gasteiger partial charge on any atom is -0.374 e. The first-order valence-electron chi connectivity index (χ1n) is 5.55. The van der Waals surface area contributed by atoms with Crippen molar-refractivity contribution >= 4 is 0 Å². The molecule has 1 aliphatic rings. The second kappa shape index (κ2) is 5.47. The van der Waals surface area contributed by atoms with E-state index in [1.165, 1.54) is 5.57 Å². The highest BCUT2D eigenvalue weighted by Crippen LogP contribution is 2.26. The number of methoxy groups -OCH3 is 2. The monoisotopic (exact) mass is 210 g/mol. The molecule has 2 heteroatoms. The Morgan fingerprint density at radius 1 is 1.07 bits per heavy atom. The lowest BCUT2D eigenvalue weighted by Gasteiger charge is -2.20. The van der Waals surface area contributed by atoms with Crippen LogP contribution in [0.5, 0.6) is 0 Å². The van der Waals surface area contributed by atoms with E-state index in [2.05, 4.69) is 39.0 Å². The normalized spacial score (nSPS) is 31.6. The molecular weight excluding hydrogens is 188 g/mol. The third-order valence-electron chi connectivity index (χ3n) is 3.01. The van der Waals surface area contributed by atoms with Gasteiger partial charge < -0.3 is 9.47 Å². The molecule has 0 aliphatic heterocycles. The minimum atomic E-state index is 0.0357. The second-order valence-corrected chi connectivity index (χ2v) is 4.40. The predicted molar refractivity (Wildman–Crippen MR) is 62.8 cm³/mol. The molecule has 0 radical (unpaired) electrons. The van der Waals surface area contributed by atoms with E-state index in [9.17, 15) is 0 Å². The molecule has 0 saturated heterocycles. The van der Waals surface area contributed by atoms with Gasteiger partial charge in [-0.05, 0) is 11.8 Å². The van der Waals surface area contributed by atoms with Crippen LogP contribution in [0.4, 0.5) is 0 Å². The lowest BCUT2D eigenvalue weighted by molar-refractivity contribution is 0.0150. The highest BCUT2D eigenvalue weighted by molar-refractivity contribution is 5.22. The van der Waals surface area contributed by atoms with E-state index in [0.29, 0.717) is 11.8 Å². The zero-order chi connectivity index (χ0) is 11.4. The van der Waals surface area contributed by atoms with Gasteiger partial charge in [0.1, 0.15) is 12.2 Å². The van der Waals surface area contributed by atoms with Crippen LogP contribution >= 0.6 is 0 Å². The lowest BCUT2D eigenvalue weighted by Crippen LogP contribution is -2.26. The molecule has 0 bridgehead atoms. The Morgan fingerprint density at radius 2 is 1.67 bits per heavy atom. The molecular formula is C13H22O2. The van der Waals surface area contributed by atoms with Gasteiger partial charge in [-0.2, -0.15) is 0 Å². The Hall–Kier alpha value is -0.600. The van der Waals surface area contributed by atoms with E-state index >= 15 is 0 Å². The molecule has 1 rings (SSSR count). The summed E-state index contributed by atoms with van der Waals surface area (Å²) < 4.78 is 10.8. The Bertz CT molecular complexity index is 253. The fraction of sp³-hybridized carbons (Fsp3) is 0.692. The van der Waals surface area contributed by atoms with Crippen LogP contribution in [0.3, 0.4) is 0 Å². The first-order chi connectivity index (χ1) is 7.10. The van der Waals surface area contributed by atoms with Crippen molar-refractivity contribution in [2.75, 3.05) is 14.2 Å². The Kier molecular flexibility index (Phi) is 4.55. The molecule has 0 fully saturated rings. The van der Waals surface area contributed by atoms with Crippen molar-refractivity contribution in [3.8, 4) is 0 Å². The molecule has 0 saturated carbocycles. The van der Waals surface area contributed by atoms with Crippen molar-refractivity contribution in [1.29, 1.82) is 0 Å². The van der Waals surface area contributed by atoms with Crippen LogP contribution in [0.25, 0.3) is 0 Å². The highest BCUT2D eigenvalue weighted by Gasteiger charge is 2.22. The van der Waals surface area contributed by atoms with E-state index in [1.54, 1.807) is 14.2 Å². The van der Waals surface area contributed by atoms with E-state index in [0.717, 1.165) is 0 Å². The summed E-state index contributed by atoms with van der Waals surface area (Å²) in [6.45, 7) is 6.65. The first kappa shape index (κ1) is 12.5. The number of hydrogen-bond donors (Lipinski definition) is 0. The van der Waals surface area contributed by atoms with Crippen LogP contribution in [0.1, 0.15) is 20.8 Å². The summed E-state index contributed by atoms with van der Waals surface area (Å²) in [6, 6.07) is 0. The summed E-state index contributed by atoms with van der Waals surface area (Å²) in [6.07, 6.45) is 6.59. The summed E-state index contributed by atoms with van der Waals surface area (Å²) in [7, 11) is 3.45. The van der Waals surface area contributed by atoms with Gasteiger partial charge in [-0.3, -0.25) is 0 Å². The Labute approximate surface area is 93.0 Å². The smallest absolute Gasteiger partial charge is 0.105 e. The summed E-state index contributed by atoms with van der Waals surface area (Å²) in [5.74, 6) is 1.03. The van der Waals surface area contributed by atoms with Crippen LogP contribution in [0, 0.1) is 11.8 Å². The van der Waals surface area contributed by atoms with Crippen LogP contribution in [0.2, 0.25) is 0 Å². The van der Waals surface area contributed by atoms with Gasteiger partial charge in [-0.1, -0.05) is 44.6 Å².